The van der Waals surface area contributed by atoms with E-state index in [0.717, 1.165) is 4.90 Å². The summed E-state index contributed by atoms with van der Waals surface area (Å²) >= 11 is 10.4. The zero-order valence-corrected chi connectivity index (χ0v) is 29.1. The Balaban J connectivity index is 1.15. The van der Waals surface area contributed by atoms with E-state index in [4.69, 9.17) is 16.3 Å². The van der Waals surface area contributed by atoms with Crippen molar-refractivity contribution in [2.75, 3.05) is 10.2 Å². The van der Waals surface area contributed by atoms with Gasteiger partial charge in [-0.25, -0.2) is 9.29 Å². The molecule has 0 aromatic heterocycles. The molecule has 0 unspecified atom stereocenters. The van der Waals surface area contributed by atoms with E-state index in [1.165, 1.54) is 36.0 Å². The quantitative estimate of drug-likeness (QED) is 0.109. The van der Waals surface area contributed by atoms with Crippen molar-refractivity contribution >= 4 is 80.4 Å². The zero-order valence-electron chi connectivity index (χ0n) is 25.9. The summed E-state index contributed by atoms with van der Waals surface area (Å²) in [6, 6.07) is 32.8. The molecule has 0 saturated carbocycles. The molecule has 0 spiro atoms. The van der Waals surface area contributed by atoms with E-state index >= 15 is 0 Å². The summed E-state index contributed by atoms with van der Waals surface area (Å²) < 4.78 is 21.1. The molecule has 0 bridgehead atoms. The third-order valence-electron chi connectivity index (χ3n) is 7.41. The summed E-state index contributed by atoms with van der Waals surface area (Å²) in [5.74, 6) is -1.43. The Labute approximate surface area is 304 Å². The molecule has 12 heteroatoms. The number of thioether (sulfide) groups is 1. The second-order valence-electron chi connectivity index (χ2n) is 11.0. The number of hydrogen-bond donors (Lipinski definition) is 2. The number of amides is 4. The third kappa shape index (κ3) is 8.49. The minimum Gasteiger partial charge on any atom is -0.457 e. The lowest BCUT2D eigenvalue weighted by molar-refractivity contribution is -0.121. The first-order valence-electron chi connectivity index (χ1n) is 15.1. The van der Waals surface area contributed by atoms with E-state index in [1.807, 2.05) is 0 Å². The lowest BCUT2D eigenvalue weighted by Gasteiger charge is -2.16. The molecule has 2 N–H and O–H groups in total. The Kier molecular flexibility index (Phi) is 10.8. The molecule has 5 aromatic rings. The van der Waals surface area contributed by atoms with Gasteiger partial charge in [0.1, 0.15) is 23.0 Å². The Bertz CT molecular complexity index is 2110. The minimum absolute atomic E-state index is 0.0142. The minimum atomic E-state index is -0.697. The fourth-order valence-electron chi connectivity index (χ4n) is 5.00. The number of benzene rings is 5. The molecule has 250 valence electrons. The van der Waals surface area contributed by atoms with Gasteiger partial charge in [0.05, 0.1) is 10.9 Å². The number of nitrogens with one attached hydrogen (secondary N) is 2. The topological polar surface area (TPSA) is 105 Å². The normalized spacial score (nSPS) is 14.4. The molecule has 1 atom stereocenters. The Morgan fingerprint density at radius 1 is 0.880 bits per heavy atom. The van der Waals surface area contributed by atoms with Crippen LogP contribution in [0.4, 0.5) is 15.8 Å². The molecule has 1 aliphatic heterocycles. The number of anilines is 2. The lowest BCUT2D eigenvalue weighted by atomic mass is 10.1. The van der Waals surface area contributed by atoms with Crippen molar-refractivity contribution in [3.05, 3.63) is 153 Å². The van der Waals surface area contributed by atoms with E-state index in [1.54, 1.807) is 103 Å². The van der Waals surface area contributed by atoms with Crippen LogP contribution < -0.4 is 20.3 Å². The highest BCUT2D eigenvalue weighted by Crippen LogP contribution is 2.36. The summed E-state index contributed by atoms with van der Waals surface area (Å²) in [7, 11) is 0. The molecule has 50 heavy (non-hydrogen) atoms. The molecular formula is C38H26BrClFN3O5S. The fourth-order valence-corrected chi connectivity index (χ4v) is 6.62. The van der Waals surface area contributed by atoms with Gasteiger partial charge in [-0.05, 0) is 103 Å². The molecule has 1 aliphatic rings. The highest BCUT2D eigenvalue weighted by molar-refractivity contribution is 9.10. The standard InChI is InChI=1S/C38H26BrClFN3O5S/c39-25-9-18-32(41)24(19-25)20-33(43-36(46)23-5-2-1-3-6-23)37(47)42-27-7-4-8-31(21-27)50-34-22-35(45)44(38(34)48)28-12-16-30(17-13-28)49-29-14-10-26(40)11-15-29/h1-21,34H,22H2,(H,42,47)(H,43,46)/b33-20-/t34-/m1/s1. The van der Waals surface area contributed by atoms with Crippen molar-refractivity contribution in [2.45, 2.75) is 16.6 Å². The van der Waals surface area contributed by atoms with Gasteiger partial charge in [-0.15, -0.1) is 11.8 Å². The maximum absolute atomic E-state index is 14.7. The van der Waals surface area contributed by atoms with Gasteiger partial charge in [-0.3, -0.25) is 19.2 Å². The van der Waals surface area contributed by atoms with E-state index in [9.17, 15) is 23.6 Å². The van der Waals surface area contributed by atoms with Crippen molar-refractivity contribution in [3.63, 3.8) is 0 Å². The van der Waals surface area contributed by atoms with Crippen LogP contribution in [-0.4, -0.2) is 28.9 Å². The number of rotatable bonds is 10. The number of carbonyl (C=O) groups excluding carboxylic acids is 4. The predicted octanol–water partition coefficient (Wildman–Crippen LogP) is 8.87. The van der Waals surface area contributed by atoms with Crippen LogP contribution in [0.3, 0.4) is 0 Å². The van der Waals surface area contributed by atoms with Crippen molar-refractivity contribution in [2.24, 2.45) is 0 Å². The van der Waals surface area contributed by atoms with Crippen molar-refractivity contribution in [1.82, 2.24) is 5.32 Å². The highest BCUT2D eigenvalue weighted by Gasteiger charge is 2.40. The Hall–Kier alpha value is -5.23. The summed E-state index contributed by atoms with van der Waals surface area (Å²) in [6.45, 7) is 0. The van der Waals surface area contributed by atoms with E-state index in [2.05, 4.69) is 26.6 Å². The molecule has 1 fully saturated rings. The lowest BCUT2D eigenvalue weighted by Crippen LogP contribution is -2.31. The van der Waals surface area contributed by atoms with Gasteiger partial charge in [-0.1, -0.05) is 51.8 Å². The van der Waals surface area contributed by atoms with Gasteiger partial charge in [0, 0.05) is 37.6 Å². The first-order chi connectivity index (χ1) is 24.1. The number of halogens is 3. The van der Waals surface area contributed by atoms with Crippen LogP contribution in [0.2, 0.25) is 5.02 Å². The van der Waals surface area contributed by atoms with Crippen LogP contribution in [0, 0.1) is 5.82 Å². The average Bonchev–Trinajstić information content (AvgIpc) is 3.39. The maximum Gasteiger partial charge on any atom is 0.272 e. The molecule has 4 amide bonds. The average molecular weight is 771 g/mol. The van der Waals surface area contributed by atoms with Gasteiger partial charge in [0.2, 0.25) is 11.8 Å². The first-order valence-corrected chi connectivity index (χ1v) is 17.2. The summed E-state index contributed by atoms with van der Waals surface area (Å²) in [6.07, 6.45) is 1.24. The summed E-state index contributed by atoms with van der Waals surface area (Å²) in [4.78, 5) is 54.7. The number of imide groups is 1. The van der Waals surface area contributed by atoms with Crippen LogP contribution in [-0.2, 0) is 14.4 Å². The second kappa shape index (κ2) is 15.5. The maximum atomic E-state index is 14.7. The Morgan fingerprint density at radius 3 is 2.30 bits per heavy atom. The summed E-state index contributed by atoms with van der Waals surface area (Å²) in [5, 5.41) is 5.23. The van der Waals surface area contributed by atoms with Crippen LogP contribution >= 0.6 is 39.3 Å². The number of nitrogens with zero attached hydrogens (tertiary/aromatic N) is 1. The monoisotopic (exact) mass is 769 g/mol. The molecular weight excluding hydrogens is 745 g/mol. The van der Waals surface area contributed by atoms with Crippen LogP contribution in [0.15, 0.2) is 136 Å². The molecule has 1 heterocycles. The first kappa shape index (κ1) is 34.6. The molecule has 0 radical (unpaired) electrons. The molecule has 8 nitrogen and oxygen atoms in total. The fraction of sp³-hybridized carbons (Fsp3) is 0.0526. The van der Waals surface area contributed by atoms with E-state index in [0.29, 0.717) is 42.8 Å². The van der Waals surface area contributed by atoms with Gasteiger partial charge in [0.15, 0.2) is 0 Å². The van der Waals surface area contributed by atoms with Crippen molar-refractivity contribution < 1.29 is 28.3 Å². The van der Waals surface area contributed by atoms with Crippen LogP contribution in [0.25, 0.3) is 6.08 Å². The van der Waals surface area contributed by atoms with Crippen LogP contribution in [0.1, 0.15) is 22.3 Å². The van der Waals surface area contributed by atoms with Crippen molar-refractivity contribution in [3.8, 4) is 11.5 Å². The largest absolute Gasteiger partial charge is 0.457 e. The molecule has 5 aromatic carbocycles. The van der Waals surface area contributed by atoms with Gasteiger partial charge in [-0.2, -0.15) is 0 Å². The molecule has 6 rings (SSSR count). The van der Waals surface area contributed by atoms with E-state index < -0.39 is 22.9 Å². The van der Waals surface area contributed by atoms with E-state index in [-0.39, 0.29) is 29.5 Å². The molecule has 1 saturated heterocycles. The van der Waals surface area contributed by atoms with Crippen LogP contribution in [0.5, 0.6) is 11.5 Å². The van der Waals surface area contributed by atoms with Gasteiger partial charge in [0.25, 0.3) is 11.8 Å². The second-order valence-corrected chi connectivity index (χ2v) is 13.6. The number of hydrogen-bond acceptors (Lipinski definition) is 6. The van der Waals surface area contributed by atoms with Gasteiger partial charge < -0.3 is 15.4 Å². The zero-order chi connectivity index (χ0) is 35.2. The summed E-state index contributed by atoms with van der Waals surface area (Å²) in [5.41, 5.74) is 0.989. The number of carbonyl (C=O) groups is 4. The van der Waals surface area contributed by atoms with Gasteiger partial charge >= 0.3 is 0 Å². The SMILES string of the molecule is O=C(Nc1cccc(S[C@@H]2CC(=O)N(c3ccc(Oc4ccc(Cl)cc4)cc3)C2=O)c1)/C(=C/c1cc(Br)ccc1F)NC(=O)c1ccccc1. The van der Waals surface area contributed by atoms with Crippen molar-refractivity contribution in [1.29, 1.82) is 0 Å². The molecule has 0 aliphatic carbocycles. The highest BCUT2D eigenvalue weighted by atomic mass is 79.9. The Morgan fingerprint density at radius 2 is 1.58 bits per heavy atom. The number of ether oxygens (including phenoxy) is 1. The smallest absolute Gasteiger partial charge is 0.272 e. The predicted molar refractivity (Wildman–Crippen MR) is 196 cm³/mol. The third-order valence-corrected chi connectivity index (χ3v) is 9.33.